The molecule has 1 amide bonds. The summed E-state index contributed by atoms with van der Waals surface area (Å²) in [6.07, 6.45) is 0. The Morgan fingerprint density at radius 1 is 1.31 bits per heavy atom. The molecule has 0 unspecified atom stereocenters. The molecule has 0 spiro atoms. The van der Waals surface area contributed by atoms with Crippen LogP contribution < -0.4 is 21.3 Å². The minimum Gasteiger partial charge on any atom is -0.371 e. The fraction of sp³-hybridized carbons (Fsp3) is 0.375. The smallest absolute Gasteiger partial charge is 0.272 e. The van der Waals surface area contributed by atoms with Crippen LogP contribution >= 0.6 is 0 Å². The summed E-state index contributed by atoms with van der Waals surface area (Å²) in [7, 11) is 3.67. The SMILES string of the molecule is CC#CCn1c(N(C)[C@H](C)CN)nc(NC)c1C(=O)NCc1nc(C)cc2ccccc12. The maximum atomic E-state index is 13.3. The van der Waals surface area contributed by atoms with Crippen molar-refractivity contribution in [1.82, 2.24) is 19.9 Å². The lowest BCUT2D eigenvalue weighted by molar-refractivity contribution is 0.0943. The van der Waals surface area contributed by atoms with Crippen molar-refractivity contribution in [2.45, 2.75) is 39.9 Å². The first kappa shape index (κ1) is 23.1. The van der Waals surface area contributed by atoms with Gasteiger partial charge in [-0.05, 0) is 32.2 Å². The average Bonchev–Trinajstić information content (AvgIpc) is 3.18. The fourth-order valence-corrected chi connectivity index (χ4v) is 3.58. The highest BCUT2D eigenvalue weighted by Crippen LogP contribution is 2.25. The second-order valence-electron chi connectivity index (χ2n) is 7.68. The second-order valence-corrected chi connectivity index (χ2v) is 7.68. The quantitative estimate of drug-likeness (QED) is 0.472. The number of carbonyl (C=O) groups excluding carboxylic acids is 1. The summed E-state index contributed by atoms with van der Waals surface area (Å²) >= 11 is 0. The molecule has 8 nitrogen and oxygen atoms in total. The van der Waals surface area contributed by atoms with Gasteiger partial charge in [-0.1, -0.05) is 30.2 Å². The molecule has 2 heterocycles. The Bertz CT molecular complexity index is 1170. The summed E-state index contributed by atoms with van der Waals surface area (Å²) in [5.74, 6) is 6.84. The number of benzene rings is 1. The Morgan fingerprint density at radius 2 is 2.06 bits per heavy atom. The van der Waals surface area contributed by atoms with E-state index in [4.69, 9.17) is 5.73 Å². The van der Waals surface area contributed by atoms with Gasteiger partial charge in [-0.3, -0.25) is 14.3 Å². The normalized spacial score (nSPS) is 11.6. The van der Waals surface area contributed by atoms with Crippen molar-refractivity contribution in [3.63, 3.8) is 0 Å². The lowest BCUT2D eigenvalue weighted by Crippen LogP contribution is -2.37. The number of amides is 1. The fourth-order valence-electron chi connectivity index (χ4n) is 3.58. The van der Waals surface area contributed by atoms with Crippen LogP contribution in [0.3, 0.4) is 0 Å². The van der Waals surface area contributed by atoms with Crippen LogP contribution in [0.5, 0.6) is 0 Å². The maximum absolute atomic E-state index is 13.3. The molecule has 3 aromatic rings. The van der Waals surface area contributed by atoms with Crippen LogP contribution in [0.25, 0.3) is 10.8 Å². The molecule has 0 aliphatic heterocycles. The number of pyridine rings is 1. The third-order valence-electron chi connectivity index (χ3n) is 5.49. The molecule has 0 radical (unpaired) electrons. The standard InChI is InChI=1S/C24H31N7O/c1-6-7-12-31-21(22(26-4)29-24(31)30(5)17(3)14-25)23(32)27-15-20-19-11-9-8-10-18(19)13-16(2)28-20/h8-11,13,17,26H,12,14-15,25H2,1-5H3,(H,27,32)/t17-/m1/s1. The van der Waals surface area contributed by atoms with Crippen molar-refractivity contribution < 1.29 is 4.79 Å². The Labute approximate surface area is 189 Å². The Morgan fingerprint density at radius 3 is 2.75 bits per heavy atom. The zero-order valence-electron chi connectivity index (χ0n) is 19.4. The van der Waals surface area contributed by atoms with Crippen molar-refractivity contribution in [2.75, 3.05) is 30.9 Å². The zero-order chi connectivity index (χ0) is 23.3. The summed E-state index contributed by atoms with van der Waals surface area (Å²) in [5.41, 5.74) is 8.02. The van der Waals surface area contributed by atoms with E-state index in [0.29, 0.717) is 37.1 Å². The number of hydrogen-bond acceptors (Lipinski definition) is 6. The number of aryl methyl sites for hydroxylation is 1. The maximum Gasteiger partial charge on any atom is 0.272 e. The second kappa shape index (κ2) is 10.2. The van der Waals surface area contributed by atoms with Crippen LogP contribution in [0.4, 0.5) is 11.8 Å². The summed E-state index contributed by atoms with van der Waals surface area (Å²) in [5, 5.41) is 8.20. The summed E-state index contributed by atoms with van der Waals surface area (Å²) in [6, 6.07) is 10.1. The van der Waals surface area contributed by atoms with Crippen molar-refractivity contribution in [3.8, 4) is 11.8 Å². The van der Waals surface area contributed by atoms with E-state index >= 15 is 0 Å². The predicted octanol–water partition coefficient (Wildman–Crippen LogP) is 2.52. The third-order valence-corrected chi connectivity index (χ3v) is 5.49. The number of anilines is 2. The molecular weight excluding hydrogens is 402 g/mol. The topological polar surface area (TPSA) is 101 Å². The Hall–Kier alpha value is -3.57. The lowest BCUT2D eigenvalue weighted by atomic mass is 10.1. The van der Waals surface area contributed by atoms with E-state index in [-0.39, 0.29) is 11.9 Å². The van der Waals surface area contributed by atoms with Crippen LogP contribution in [-0.2, 0) is 13.1 Å². The molecular formula is C24H31N7O. The van der Waals surface area contributed by atoms with E-state index in [1.165, 1.54) is 0 Å². The molecule has 32 heavy (non-hydrogen) atoms. The Balaban J connectivity index is 1.97. The summed E-state index contributed by atoms with van der Waals surface area (Å²) < 4.78 is 1.83. The monoisotopic (exact) mass is 433 g/mol. The molecule has 8 heteroatoms. The van der Waals surface area contributed by atoms with Crippen LogP contribution in [-0.4, -0.2) is 47.1 Å². The van der Waals surface area contributed by atoms with Crippen LogP contribution in [0.2, 0.25) is 0 Å². The van der Waals surface area contributed by atoms with Gasteiger partial charge in [0.05, 0.1) is 18.8 Å². The highest BCUT2D eigenvalue weighted by Gasteiger charge is 2.25. The number of carbonyl (C=O) groups is 1. The molecule has 4 N–H and O–H groups in total. The molecule has 0 saturated carbocycles. The van der Waals surface area contributed by atoms with E-state index in [0.717, 1.165) is 22.2 Å². The highest BCUT2D eigenvalue weighted by atomic mass is 16.2. The van der Waals surface area contributed by atoms with Gasteiger partial charge in [0, 0.05) is 37.8 Å². The first-order chi connectivity index (χ1) is 15.4. The minimum absolute atomic E-state index is 0.0502. The molecule has 168 valence electrons. The molecule has 2 aromatic heterocycles. The number of hydrogen-bond donors (Lipinski definition) is 3. The van der Waals surface area contributed by atoms with E-state index in [1.807, 2.05) is 60.7 Å². The number of aromatic nitrogens is 3. The third kappa shape index (κ3) is 4.68. The van der Waals surface area contributed by atoms with E-state index < -0.39 is 0 Å². The van der Waals surface area contributed by atoms with E-state index in [2.05, 4.69) is 32.4 Å². The molecule has 0 saturated heterocycles. The predicted molar refractivity (Wildman–Crippen MR) is 130 cm³/mol. The van der Waals surface area contributed by atoms with Gasteiger partial charge in [0.1, 0.15) is 0 Å². The number of rotatable bonds is 8. The van der Waals surface area contributed by atoms with Crippen LogP contribution in [0.15, 0.2) is 30.3 Å². The first-order valence-electron chi connectivity index (χ1n) is 10.7. The van der Waals surface area contributed by atoms with Gasteiger partial charge >= 0.3 is 0 Å². The summed E-state index contributed by atoms with van der Waals surface area (Å²) in [4.78, 5) is 24.6. The number of nitrogens with two attached hydrogens (primary N) is 1. The number of fused-ring (bicyclic) bond motifs is 1. The number of nitrogens with zero attached hydrogens (tertiary/aromatic N) is 4. The van der Waals surface area contributed by atoms with Gasteiger partial charge in [-0.2, -0.15) is 4.98 Å². The molecule has 0 aliphatic rings. The van der Waals surface area contributed by atoms with Gasteiger partial charge in [-0.15, -0.1) is 5.92 Å². The molecule has 0 aliphatic carbocycles. The van der Waals surface area contributed by atoms with Gasteiger partial charge < -0.3 is 21.3 Å². The summed E-state index contributed by atoms with van der Waals surface area (Å²) in [6.45, 7) is 6.85. The van der Waals surface area contributed by atoms with Gasteiger partial charge in [0.25, 0.3) is 5.91 Å². The van der Waals surface area contributed by atoms with Gasteiger partial charge in [0.15, 0.2) is 11.5 Å². The van der Waals surface area contributed by atoms with Crippen LogP contribution in [0.1, 0.15) is 35.7 Å². The van der Waals surface area contributed by atoms with E-state index in [1.54, 1.807) is 14.0 Å². The molecule has 1 aromatic carbocycles. The highest BCUT2D eigenvalue weighted by molar-refractivity contribution is 5.98. The average molecular weight is 434 g/mol. The molecule has 0 bridgehead atoms. The Kier molecular flexibility index (Phi) is 7.33. The molecule has 1 atom stereocenters. The minimum atomic E-state index is -0.243. The van der Waals surface area contributed by atoms with Gasteiger partial charge in [-0.25, -0.2) is 0 Å². The lowest BCUT2D eigenvalue weighted by Gasteiger charge is -2.25. The van der Waals surface area contributed by atoms with Crippen molar-refractivity contribution in [3.05, 3.63) is 47.4 Å². The molecule has 0 fully saturated rings. The van der Waals surface area contributed by atoms with Crippen molar-refractivity contribution in [2.24, 2.45) is 5.73 Å². The van der Waals surface area contributed by atoms with Crippen LogP contribution in [0, 0.1) is 18.8 Å². The number of imidazole rings is 1. The van der Waals surface area contributed by atoms with Gasteiger partial charge in [0.2, 0.25) is 5.95 Å². The van der Waals surface area contributed by atoms with Crippen molar-refractivity contribution >= 4 is 28.4 Å². The van der Waals surface area contributed by atoms with Crippen molar-refractivity contribution in [1.29, 1.82) is 0 Å². The zero-order valence-corrected chi connectivity index (χ0v) is 19.4. The van der Waals surface area contributed by atoms with E-state index in [9.17, 15) is 4.79 Å². The number of nitrogens with one attached hydrogen (secondary N) is 2. The largest absolute Gasteiger partial charge is 0.371 e. The first-order valence-corrected chi connectivity index (χ1v) is 10.7. The number of likely N-dealkylation sites (N-methyl/N-ethyl adjacent to an activating group) is 1. The molecule has 3 rings (SSSR count).